The van der Waals surface area contributed by atoms with Crippen molar-refractivity contribution in [3.05, 3.63) is 54.1 Å². The van der Waals surface area contributed by atoms with Crippen LogP contribution in [0.2, 0.25) is 0 Å². The minimum Gasteiger partial charge on any atom is -0.494 e. The summed E-state index contributed by atoms with van der Waals surface area (Å²) >= 11 is 0. The van der Waals surface area contributed by atoms with Gasteiger partial charge in [0.05, 0.1) is 31.1 Å². The number of rotatable bonds is 7. The molecule has 1 fully saturated rings. The van der Waals surface area contributed by atoms with Crippen molar-refractivity contribution in [2.75, 3.05) is 38.2 Å². The average Bonchev–Trinajstić information content (AvgIpc) is 2.71. The summed E-state index contributed by atoms with van der Waals surface area (Å²) in [7, 11) is -3.54. The molecule has 0 saturated carbocycles. The van der Waals surface area contributed by atoms with Crippen molar-refractivity contribution < 1.29 is 22.7 Å². The van der Waals surface area contributed by atoms with E-state index in [0.717, 1.165) is 11.3 Å². The highest BCUT2D eigenvalue weighted by Crippen LogP contribution is 2.20. The van der Waals surface area contributed by atoms with Gasteiger partial charge in [-0.05, 0) is 48.9 Å². The highest BCUT2D eigenvalue weighted by Gasteiger charge is 2.26. The number of carbonyl (C=O) groups is 1. The molecule has 0 atom stereocenters. The van der Waals surface area contributed by atoms with E-state index in [1.165, 1.54) is 16.4 Å². The molecule has 2 aromatic carbocycles. The number of carbonyl (C=O) groups excluding carboxylic acids is 1. The molecule has 1 aliphatic heterocycles. The normalized spacial score (nSPS) is 15.2. The molecule has 0 radical (unpaired) electrons. The number of nitrogens with one attached hydrogen (secondary N) is 1. The number of anilines is 1. The van der Waals surface area contributed by atoms with E-state index < -0.39 is 10.0 Å². The Kier molecular flexibility index (Phi) is 6.66. The topological polar surface area (TPSA) is 84.9 Å². The van der Waals surface area contributed by atoms with Crippen LogP contribution >= 0.6 is 0 Å². The lowest BCUT2D eigenvalue weighted by Gasteiger charge is -2.26. The summed E-state index contributed by atoms with van der Waals surface area (Å²) in [6.45, 7) is 4.01. The number of hydrogen-bond donors (Lipinski definition) is 1. The van der Waals surface area contributed by atoms with Crippen LogP contribution in [0.1, 0.15) is 12.5 Å². The van der Waals surface area contributed by atoms with Gasteiger partial charge in [0.2, 0.25) is 15.9 Å². The largest absolute Gasteiger partial charge is 0.494 e. The van der Waals surface area contributed by atoms with Gasteiger partial charge in [0.1, 0.15) is 5.75 Å². The molecule has 0 aromatic heterocycles. The number of hydrogen-bond acceptors (Lipinski definition) is 5. The number of amides is 1. The maximum atomic E-state index is 12.6. The number of morpholine rings is 1. The molecule has 0 aliphatic carbocycles. The second-order valence-electron chi connectivity index (χ2n) is 6.34. The molecule has 7 nitrogen and oxygen atoms in total. The Hall–Kier alpha value is -2.42. The summed E-state index contributed by atoms with van der Waals surface area (Å²) in [5, 5.41) is 2.79. The second-order valence-corrected chi connectivity index (χ2v) is 8.28. The van der Waals surface area contributed by atoms with Crippen molar-refractivity contribution in [2.24, 2.45) is 0 Å². The number of nitrogens with zero attached hydrogens (tertiary/aromatic N) is 1. The first-order valence-corrected chi connectivity index (χ1v) is 10.6. The lowest BCUT2D eigenvalue weighted by atomic mass is 10.1. The summed E-state index contributed by atoms with van der Waals surface area (Å²) in [5.41, 5.74) is 1.42. The molecule has 1 heterocycles. The summed E-state index contributed by atoms with van der Waals surface area (Å²) < 4.78 is 37.2. The lowest BCUT2D eigenvalue weighted by Crippen LogP contribution is -2.40. The standard InChI is InChI=1S/C20H24N2O5S/c1-2-27-18-7-3-16(4-8-18)15-20(23)21-17-5-9-19(10-6-17)28(24,25)22-11-13-26-14-12-22/h3-10H,2,11-15H2,1H3,(H,21,23). The number of sulfonamides is 1. The van der Waals surface area contributed by atoms with Crippen LogP contribution < -0.4 is 10.1 Å². The first-order chi connectivity index (χ1) is 13.5. The molecular weight excluding hydrogens is 380 g/mol. The van der Waals surface area contributed by atoms with E-state index in [1.807, 2.05) is 31.2 Å². The molecule has 1 amide bonds. The van der Waals surface area contributed by atoms with Crippen LogP contribution in [0.5, 0.6) is 5.75 Å². The van der Waals surface area contributed by atoms with Crippen LogP contribution in [-0.4, -0.2) is 51.5 Å². The van der Waals surface area contributed by atoms with Gasteiger partial charge in [-0.3, -0.25) is 4.79 Å². The van der Waals surface area contributed by atoms with Crippen molar-refractivity contribution in [3.63, 3.8) is 0 Å². The Morgan fingerprint density at radius 2 is 1.71 bits per heavy atom. The van der Waals surface area contributed by atoms with Gasteiger partial charge in [-0.1, -0.05) is 12.1 Å². The Bertz CT molecular complexity index is 889. The smallest absolute Gasteiger partial charge is 0.243 e. The Morgan fingerprint density at radius 1 is 1.07 bits per heavy atom. The molecule has 1 saturated heterocycles. The highest BCUT2D eigenvalue weighted by atomic mass is 32.2. The van der Waals surface area contributed by atoms with Gasteiger partial charge >= 0.3 is 0 Å². The van der Waals surface area contributed by atoms with E-state index in [-0.39, 0.29) is 17.2 Å². The van der Waals surface area contributed by atoms with Crippen LogP contribution in [-0.2, 0) is 26.0 Å². The fraction of sp³-hybridized carbons (Fsp3) is 0.350. The van der Waals surface area contributed by atoms with Crippen molar-refractivity contribution in [1.82, 2.24) is 4.31 Å². The SMILES string of the molecule is CCOc1ccc(CC(=O)Nc2ccc(S(=O)(=O)N3CCOCC3)cc2)cc1. The summed E-state index contributed by atoms with van der Waals surface area (Å²) in [5.74, 6) is 0.594. The van der Waals surface area contributed by atoms with Crippen LogP contribution in [0, 0.1) is 0 Å². The van der Waals surface area contributed by atoms with Gasteiger partial charge in [0.25, 0.3) is 0 Å². The zero-order valence-electron chi connectivity index (χ0n) is 15.8. The summed E-state index contributed by atoms with van der Waals surface area (Å²) in [6.07, 6.45) is 0.222. The first kappa shape index (κ1) is 20.3. The van der Waals surface area contributed by atoms with Gasteiger partial charge in [-0.2, -0.15) is 4.31 Å². The van der Waals surface area contributed by atoms with Crippen molar-refractivity contribution in [1.29, 1.82) is 0 Å². The minimum absolute atomic E-state index is 0.173. The molecule has 150 valence electrons. The second kappa shape index (κ2) is 9.18. The van der Waals surface area contributed by atoms with Gasteiger partial charge in [-0.15, -0.1) is 0 Å². The van der Waals surface area contributed by atoms with E-state index in [9.17, 15) is 13.2 Å². The van der Waals surface area contributed by atoms with Gasteiger partial charge in [-0.25, -0.2) is 8.42 Å². The van der Waals surface area contributed by atoms with Gasteiger partial charge in [0.15, 0.2) is 0 Å². The van der Waals surface area contributed by atoms with Crippen LogP contribution in [0.3, 0.4) is 0 Å². The Labute approximate surface area is 165 Å². The quantitative estimate of drug-likeness (QED) is 0.765. The Morgan fingerprint density at radius 3 is 2.32 bits per heavy atom. The number of benzene rings is 2. The molecule has 0 bridgehead atoms. The van der Waals surface area contributed by atoms with E-state index in [2.05, 4.69) is 5.32 Å². The van der Waals surface area contributed by atoms with E-state index in [1.54, 1.807) is 12.1 Å². The van der Waals surface area contributed by atoms with E-state index >= 15 is 0 Å². The molecule has 2 aromatic rings. The zero-order valence-corrected chi connectivity index (χ0v) is 16.6. The zero-order chi connectivity index (χ0) is 20.0. The predicted octanol–water partition coefficient (Wildman–Crippen LogP) is 2.29. The van der Waals surface area contributed by atoms with Crippen molar-refractivity contribution in [2.45, 2.75) is 18.2 Å². The van der Waals surface area contributed by atoms with Crippen LogP contribution in [0.15, 0.2) is 53.4 Å². The fourth-order valence-electron chi connectivity index (χ4n) is 2.91. The predicted molar refractivity (Wildman–Crippen MR) is 106 cm³/mol. The minimum atomic E-state index is -3.54. The van der Waals surface area contributed by atoms with Crippen molar-refractivity contribution >= 4 is 21.6 Å². The molecule has 28 heavy (non-hydrogen) atoms. The van der Waals surface area contributed by atoms with Crippen LogP contribution in [0.4, 0.5) is 5.69 Å². The third-order valence-electron chi connectivity index (χ3n) is 4.34. The molecule has 3 rings (SSSR count). The lowest BCUT2D eigenvalue weighted by molar-refractivity contribution is -0.115. The maximum Gasteiger partial charge on any atom is 0.243 e. The van der Waals surface area contributed by atoms with Crippen LogP contribution in [0.25, 0.3) is 0 Å². The summed E-state index contributed by atoms with van der Waals surface area (Å²) in [4.78, 5) is 12.4. The molecular formula is C20H24N2O5S. The fourth-order valence-corrected chi connectivity index (χ4v) is 4.31. The highest BCUT2D eigenvalue weighted by molar-refractivity contribution is 7.89. The molecule has 1 aliphatic rings. The maximum absolute atomic E-state index is 12.6. The molecule has 0 spiro atoms. The third-order valence-corrected chi connectivity index (χ3v) is 6.26. The third kappa shape index (κ3) is 5.09. The first-order valence-electron chi connectivity index (χ1n) is 9.18. The molecule has 8 heteroatoms. The Balaban J connectivity index is 1.59. The molecule has 0 unspecified atom stereocenters. The number of ether oxygens (including phenoxy) is 2. The van der Waals surface area contributed by atoms with Gasteiger partial charge in [0, 0.05) is 18.8 Å². The van der Waals surface area contributed by atoms with Gasteiger partial charge < -0.3 is 14.8 Å². The van der Waals surface area contributed by atoms with E-state index in [4.69, 9.17) is 9.47 Å². The average molecular weight is 404 g/mol. The summed E-state index contributed by atoms with van der Waals surface area (Å²) in [6, 6.07) is 13.6. The van der Waals surface area contributed by atoms with Crippen molar-refractivity contribution in [3.8, 4) is 5.75 Å². The van der Waals surface area contributed by atoms with E-state index in [0.29, 0.717) is 38.6 Å². The monoisotopic (exact) mass is 404 g/mol. The molecule has 1 N–H and O–H groups in total.